The molecule has 0 spiro atoms. The average Bonchev–Trinajstić information content (AvgIpc) is 2.44. The van der Waals surface area contributed by atoms with Crippen LogP contribution in [0.25, 0.3) is 0 Å². The SMILES string of the molecule is COc1ccc(COC(=O)C(N)CCCC(=O)O)cc1. The minimum absolute atomic E-state index is 0.000536. The standard InChI is InChI=1S/C14H19NO5/c1-19-11-7-5-10(6-8-11)9-20-14(18)12(15)3-2-4-13(16)17/h5-8,12H,2-4,9,15H2,1H3,(H,16,17). The van der Waals surface area contributed by atoms with Crippen LogP contribution in [0.2, 0.25) is 0 Å². The number of hydrogen-bond acceptors (Lipinski definition) is 5. The Morgan fingerprint density at radius 2 is 1.95 bits per heavy atom. The maximum Gasteiger partial charge on any atom is 0.323 e. The highest BCUT2D eigenvalue weighted by molar-refractivity contribution is 5.75. The lowest BCUT2D eigenvalue weighted by Crippen LogP contribution is -2.32. The molecule has 3 N–H and O–H groups in total. The van der Waals surface area contributed by atoms with E-state index in [-0.39, 0.29) is 13.0 Å². The monoisotopic (exact) mass is 281 g/mol. The second-order valence-corrected chi connectivity index (χ2v) is 4.35. The van der Waals surface area contributed by atoms with Gasteiger partial charge in [-0.15, -0.1) is 0 Å². The predicted molar refractivity (Wildman–Crippen MR) is 72.3 cm³/mol. The molecule has 0 aliphatic rings. The van der Waals surface area contributed by atoms with Crippen molar-refractivity contribution in [2.24, 2.45) is 5.73 Å². The normalized spacial score (nSPS) is 11.7. The first-order valence-corrected chi connectivity index (χ1v) is 6.30. The number of carbonyl (C=O) groups is 2. The van der Waals surface area contributed by atoms with Gasteiger partial charge in [0, 0.05) is 6.42 Å². The van der Waals surface area contributed by atoms with Crippen LogP contribution < -0.4 is 10.5 Å². The minimum atomic E-state index is -0.899. The number of hydrogen-bond donors (Lipinski definition) is 2. The smallest absolute Gasteiger partial charge is 0.323 e. The molecule has 1 unspecified atom stereocenters. The Morgan fingerprint density at radius 3 is 2.50 bits per heavy atom. The lowest BCUT2D eigenvalue weighted by atomic mass is 10.1. The Kier molecular flexibility index (Phi) is 6.52. The van der Waals surface area contributed by atoms with Crippen molar-refractivity contribution < 1.29 is 24.2 Å². The van der Waals surface area contributed by atoms with Gasteiger partial charge in [-0.3, -0.25) is 9.59 Å². The third kappa shape index (κ3) is 5.71. The molecule has 6 nitrogen and oxygen atoms in total. The Bertz CT molecular complexity index is 443. The Hall–Kier alpha value is -2.08. The fourth-order valence-electron chi connectivity index (χ4n) is 1.57. The largest absolute Gasteiger partial charge is 0.497 e. The van der Waals surface area contributed by atoms with E-state index in [4.69, 9.17) is 20.3 Å². The van der Waals surface area contributed by atoms with E-state index in [1.165, 1.54) is 0 Å². The van der Waals surface area contributed by atoms with Crippen molar-refractivity contribution in [3.8, 4) is 5.75 Å². The van der Waals surface area contributed by atoms with E-state index < -0.39 is 18.0 Å². The lowest BCUT2D eigenvalue weighted by molar-refractivity contribution is -0.147. The summed E-state index contributed by atoms with van der Waals surface area (Å²) in [6, 6.07) is 6.35. The number of carboxylic acids is 1. The van der Waals surface area contributed by atoms with E-state index in [1.807, 2.05) is 0 Å². The molecule has 0 amide bonds. The van der Waals surface area contributed by atoms with Gasteiger partial charge in [-0.25, -0.2) is 0 Å². The summed E-state index contributed by atoms with van der Waals surface area (Å²) in [6.07, 6.45) is 0.654. The van der Waals surface area contributed by atoms with E-state index in [9.17, 15) is 9.59 Å². The fourth-order valence-corrected chi connectivity index (χ4v) is 1.57. The van der Waals surface area contributed by atoms with Gasteiger partial charge in [0.2, 0.25) is 0 Å². The van der Waals surface area contributed by atoms with Crippen LogP contribution in [-0.4, -0.2) is 30.2 Å². The molecule has 0 aromatic heterocycles. The van der Waals surface area contributed by atoms with Crippen LogP contribution in [0.15, 0.2) is 24.3 Å². The number of carbonyl (C=O) groups excluding carboxylic acids is 1. The highest BCUT2D eigenvalue weighted by atomic mass is 16.5. The molecule has 1 atom stereocenters. The molecule has 1 aromatic carbocycles. The molecular weight excluding hydrogens is 262 g/mol. The molecule has 0 saturated heterocycles. The van der Waals surface area contributed by atoms with Gasteiger partial charge in [0.1, 0.15) is 18.4 Å². The van der Waals surface area contributed by atoms with E-state index >= 15 is 0 Å². The molecule has 110 valence electrons. The zero-order valence-corrected chi connectivity index (χ0v) is 11.4. The highest BCUT2D eigenvalue weighted by Crippen LogP contribution is 2.12. The average molecular weight is 281 g/mol. The molecule has 0 bridgehead atoms. The number of carboxylic acid groups (broad SMARTS) is 1. The van der Waals surface area contributed by atoms with Crippen LogP contribution in [0.5, 0.6) is 5.75 Å². The fraction of sp³-hybridized carbons (Fsp3) is 0.429. The Morgan fingerprint density at radius 1 is 1.30 bits per heavy atom. The molecule has 20 heavy (non-hydrogen) atoms. The Labute approximate surface area is 117 Å². The van der Waals surface area contributed by atoms with Gasteiger partial charge in [0.25, 0.3) is 0 Å². The molecule has 0 saturated carbocycles. The quantitative estimate of drug-likeness (QED) is 0.697. The van der Waals surface area contributed by atoms with Crippen LogP contribution in [0.4, 0.5) is 0 Å². The molecule has 6 heteroatoms. The van der Waals surface area contributed by atoms with Crippen molar-refractivity contribution in [2.75, 3.05) is 7.11 Å². The van der Waals surface area contributed by atoms with E-state index in [2.05, 4.69) is 0 Å². The van der Waals surface area contributed by atoms with E-state index in [0.717, 1.165) is 11.3 Å². The second kappa shape index (κ2) is 8.16. The van der Waals surface area contributed by atoms with Crippen molar-refractivity contribution in [2.45, 2.75) is 31.9 Å². The molecule has 0 fully saturated rings. The topological polar surface area (TPSA) is 98.9 Å². The summed E-state index contributed by atoms with van der Waals surface area (Å²) in [6.45, 7) is 0.134. The van der Waals surface area contributed by atoms with Gasteiger partial charge < -0.3 is 20.3 Å². The maximum absolute atomic E-state index is 11.6. The van der Waals surface area contributed by atoms with Crippen molar-refractivity contribution >= 4 is 11.9 Å². The summed E-state index contributed by atoms with van der Waals surface area (Å²) in [5.41, 5.74) is 6.46. The summed E-state index contributed by atoms with van der Waals surface area (Å²) in [4.78, 5) is 21.9. The zero-order valence-electron chi connectivity index (χ0n) is 11.4. The van der Waals surface area contributed by atoms with Gasteiger partial charge in [0.15, 0.2) is 0 Å². The van der Waals surface area contributed by atoms with Crippen LogP contribution in [0.3, 0.4) is 0 Å². The van der Waals surface area contributed by atoms with E-state index in [0.29, 0.717) is 12.8 Å². The van der Waals surface area contributed by atoms with Gasteiger partial charge in [-0.1, -0.05) is 12.1 Å². The van der Waals surface area contributed by atoms with Crippen molar-refractivity contribution in [1.82, 2.24) is 0 Å². The summed E-state index contributed by atoms with van der Waals surface area (Å²) in [5.74, 6) is -0.694. The van der Waals surface area contributed by atoms with Crippen LogP contribution in [0, 0.1) is 0 Å². The van der Waals surface area contributed by atoms with Crippen LogP contribution in [-0.2, 0) is 20.9 Å². The molecule has 0 aliphatic carbocycles. The summed E-state index contributed by atoms with van der Waals surface area (Å²) < 4.78 is 10.1. The predicted octanol–water partition coefficient (Wildman–Crippen LogP) is 1.32. The Balaban J connectivity index is 2.32. The molecule has 0 aliphatic heterocycles. The van der Waals surface area contributed by atoms with Gasteiger partial charge in [-0.05, 0) is 30.5 Å². The van der Waals surface area contributed by atoms with Crippen molar-refractivity contribution in [1.29, 1.82) is 0 Å². The number of ether oxygens (including phenoxy) is 2. The van der Waals surface area contributed by atoms with Gasteiger partial charge in [-0.2, -0.15) is 0 Å². The van der Waals surface area contributed by atoms with Gasteiger partial charge in [0.05, 0.1) is 7.11 Å². The van der Waals surface area contributed by atoms with Crippen molar-refractivity contribution in [3.05, 3.63) is 29.8 Å². The first-order valence-electron chi connectivity index (χ1n) is 6.30. The highest BCUT2D eigenvalue weighted by Gasteiger charge is 2.15. The third-order valence-corrected chi connectivity index (χ3v) is 2.75. The molecule has 0 heterocycles. The zero-order chi connectivity index (χ0) is 15.0. The van der Waals surface area contributed by atoms with Crippen LogP contribution in [0.1, 0.15) is 24.8 Å². The maximum atomic E-state index is 11.6. The molecule has 1 aromatic rings. The second-order valence-electron chi connectivity index (χ2n) is 4.35. The van der Waals surface area contributed by atoms with Crippen LogP contribution >= 0.6 is 0 Å². The summed E-state index contributed by atoms with van der Waals surface area (Å²) in [7, 11) is 1.57. The number of rotatable bonds is 8. The third-order valence-electron chi connectivity index (χ3n) is 2.75. The molecule has 1 rings (SSSR count). The number of aliphatic carboxylic acids is 1. The number of benzene rings is 1. The lowest BCUT2D eigenvalue weighted by Gasteiger charge is -2.11. The van der Waals surface area contributed by atoms with Crippen molar-refractivity contribution in [3.63, 3.8) is 0 Å². The first kappa shape index (κ1) is 16.0. The minimum Gasteiger partial charge on any atom is -0.497 e. The van der Waals surface area contributed by atoms with Gasteiger partial charge >= 0.3 is 11.9 Å². The summed E-state index contributed by atoms with van der Waals surface area (Å²) in [5, 5.41) is 8.49. The summed E-state index contributed by atoms with van der Waals surface area (Å²) >= 11 is 0. The first-order chi connectivity index (χ1) is 9.52. The number of nitrogens with two attached hydrogens (primary N) is 1. The number of methoxy groups -OCH3 is 1. The molecular formula is C14H19NO5. The van der Waals surface area contributed by atoms with E-state index in [1.54, 1.807) is 31.4 Å². The number of esters is 1. The molecule has 0 radical (unpaired) electrons.